The van der Waals surface area contributed by atoms with Crippen molar-refractivity contribution < 1.29 is 23.8 Å². The highest BCUT2D eigenvalue weighted by Gasteiger charge is 2.47. The van der Waals surface area contributed by atoms with Gasteiger partial charge in [-0.3, -0.25) is 14.5 Å². The fourth-order valence-electron chi connectivity index (χ4n) is 3.96. The molecule has 4 rings (SSSR count). The van der Waals surface area contributed by atoms with E-state index in [0.717, 1.165) is 5.56 Å². The van der Waals surface area contributed by atoms with Crippen molar-refractivity contribution in [1.82, 2.24) is 0 Å². The van der Waals surface area contributed by atoms with Gasteiger partial charge in [0, 0.05) is 21.8 Å². The zero-order valence-electron chi connectivity index (χ0n) is 18.0. The average Bonchev–Trinajstić information content (AvgIpc) is 3.06. The smallest absolute Gasteiger partial charge is 0.300 e. The van der Waals surface area contributed by atoms with Crippen LogP contribution in [0.15, 0.2) is 72.3 Å². The standard InChI is InChI=1S/C26H21ClFNO4/c1-3-33-21-13-8-16(14-15(21)2)24(30)22-23(19-6-4-5-7-20(19)28)29(26(32)25(22)31)18-11-9-17(27)10-12-18/h4-14,23,30H,3H2,1-2H3/b24-22+. The molecule has 1 heterocycles. The second kappa shape index (κ2) is 9.08. The van der Waals surface area contributed by atoms with Crippen LogP contribution in [0.1, 0.15) is 29.7 Å². The van der Waals surface area contributed by atoms with Crippen LogP contribution in [-0.2, 0) is 9.59 Å². The van der Waals surface area contributed by atoms with E-state index in [0.29, 0.717) is 28.6 Å². The minimum absolute atomic E-state index is 0.0934. The summed E-state index contributed by atoms with van der Waals surface area (Å²) in [6, 6.07) is 15.9. The van der Waals surface area contributed by atoms with E-state index in [2.05, 4.69) is 0 Å². The van der Waals surface area contributed by atoms with Gasteiger partial charge in [0.2, 0.25) is 0 Å². The number of aliphatic hydroxyl groups excluding tert-OH is 1. The molecule has 0 aliphatic carbocycles. The molecule has 0 radical (unpaired) electrons. The summed E-state index contributed by atoms with van der Waals surface area (Å²) in [6.07, 6.45) is 0. The summed E-state index contributed by atoms with van der Waals surface area (Å²) in [5.41, 5.74) is 1.33. The molecule has 1 N–H and O–H groups in total. The highest BCUT2D eigenvalue weighted by molar-refractivity contribution is 6.51. The van der Waals surface area contributed by atoms with Gasteiger partial charge in [-0.25, -0.2) is 4.39 Å². The van der Waals surface area contributed by atoms with Crippen molar-refractivity contribution in [2.24, 2.45) is 0 Å². The summed E-state index contributed by atoms with van der Waals surface area (Å²) in [7, 11) is 0. The molecule has 0 saturated carbocycles. The Labute approximate surface area is 195 Å². The number of carbonyl (C=O) groups is 2. The first-order valence-electron chi connectivity index (χ1n) is 10.4. The summed E-state index contributed by atoms with van der Waals surface area (Å²) >= 11 is 5.98. The minimum atomic E-state index is -1.15. The van der Waals surface area contributed by atoms with E-state index in [1.165, 1.54) is 23.1 Å². The van der Waals surface area contributed by atoms with Gasteiger partial charge in [0.05, 0.1) is 18.2 Å². The molecule has 7 heteroatoms. The highest BCUT2D eigenvalue weighted by atomic mass is 35.5. The third-order valence-corrected chi connectivity index (χ3v) is 5.75. The number of aryl methyl sites for hydroxylation is 1. The Morgan fingerprint density at radius 2 is 1.79 bits per heavy atom. The lowest BCUT2D eigenvalue weighted by Gasteiger charge is -2.25. The molecule has 1 amide bonds. The van der Waals surface area contributed by atoms with Gasteiger partial charge in [-0.1, -0.05) is 29.8 Å². The van der Waals surface area contributed by atoms with Crippen molar-refractivity contribution >= 4 is 34.7 Å². The molecule has 1 aliphatic rings. The van der Waals surface area contributed by atoms with Gasteiger partial charge >= 0.3 is 0 Å². The van der Waals surface area contributed by atoms with Crippen molar-refractivity contribution in [3.05, 3.63) is 99.8 Å². The van der Waals surface area contributed by atoms with Crippen LogP contribution < -0.4 is 9.64 Å². The number of aliphatic hydroxyl groups is 1. The van der Waals surface area contributed by atoms with E-state index in [4.69, 9.17) is 16.3 Å². The lowest BCUT2D eigenvalue weighted by molar-refractivity contribution is -0.132. The molecule has 1 saturated heterocycles. The van der Waals surface area contributed by atoms with Crippen LogP contribution in [0.4, 0.5) is 10.1 Å². The van der Waals surface area contributed by atoms with Crippen molar-refractivity contribution in [3.63, 3.8) is 0 Å². The number of amides is 1. The average molecular weight is 466 g/mol. The predicted octanol–water partition coefficient (Wildman–Crippen LogP) is 5.81. The fraction of sp³-hybridized carbons (Fsp3) is 0.154. The molecular formula is C26H21ClFNO4. The van der Waals surface area contributed by atoms with Crippen LogP contribution >= 0.6 is 11.6 Å². The fourth-order valence-corrected chi connectivity index (χ4v) is 4.09. The van der Waals surface area contributed by atoms with Gasteiger partial charge in [0.15, 0.2) is 0 Å². The summed E-state index contributed by atoms with van der Waals surface area (Å²) < 4.78 is 20.4. The van der Waals surface area contributed by atoms with Crippen LogP contribution in [0.3, 0.4) is 0 Å². The lowest BCUT2D eigenvalue weighted by Crippen LogP contribution is -2.29. The largest absolute Gasteiger partial charge is 0.507 e. The molecule has 0 aromatic heterocycles. The van der Waals surface area contributed by atoms with E-state index in [1.807, 2.05) is 13.8 Å². The zero-order valence-corrected chi connectivity index (χ0v) is 18.8. The summed E-state index contributed by atoms with van der Waals surface area (Å²) in [5, 5.41) is 11.6. The van der Waals surface area contributed by atoms with Crippen LogP contribution in [0, 0.1) is 12.7 Å². The Bertz CT molecular complexity index is 1270. The maximum Gasteiger partial charge on any atom is 0.300 e. The minimum Gasteiger partial charge on any atom is -0.507 e. The molecular weight excluding hydrogens is 445 g/mol. The van der Waals surface area contributed by atoms with E-state index in [-0.39, 0.29) is 16.9 Å². The van der Waals surface area contributed by atoms with E-state index < -0.39 is 23.5 Å². The monoisotopic (exact) mass is 465 g/mol. The number of hydrogen-bond acceptors (Lipinski definition) is 4. The molecule has 1 atom stereocenters. The number of ketones is 1. The molecule has 5 nitrogen and oxygen atoms in total. The number of nitrogens with zero attached hydrogens (tertiary/aromatic N) is 1. The van der Waals surface area contributed by atoms with E-state index >= 15 is 0 Å². The number of rotatable bonds is 5. The van der Waals surface area contributed by atoms with Crippen LogP contribution in [0.2, 0.25) is 5.02 Å². The Balaban J connectivity index is 1.93. The first kappa shape index (κ1) is 22.6. The second-order valence-electron chi connectivity index (χ2n) is 7.58. The summed E-state index contributed by atoms with van der Waals surface area (Å²) in [4.78, 5) is 27.4. The summed E-state index contributed by atoms with van der Waals surface area (Å²) in [5.74, 6) is -2.11. The van der Waals surface area contributed by atoms with Gasteiger partial charge in [0.25, 0.3) is 11.7 Å². The van der Waals surface area contributed by atoms with Crippen molar-refractivity contribution in [1.29, 1.82) is 0 Å². The Kier molecular flexibility index (Phi) is 6.20. The van der Waals surface area contributed by atoms with Crippen LogP contribution in [-0.4, -0.2) is 23.4 Å². The number of benzene rings is 3. The lowest BCUT2D eigenvalue weighted by atomic mass is 9.94. The summed E-state index contributed by atoms with van der Waals surface area (Å²) in [6.45, 7) is 4.15. The Morgan fingerprint density at radius 1 is 1.09 bits per heavy atom. The maximum absolute atomic E-state index is 14.9. The topological polar surface area (TPSA) is 66.8 Å². The quantitative estimate of drug-likeness (QED) is 0.293. The zero-order chi connectivity index (χ0) is 23.7. The molecule has 0 bridgehead atoms. The first-order chi connectivity index (χ1) is 15.8. The highest BCUT2D eigenvalue weighted by Crippen LogP contribution is 2.43. The molecule has 168 valence electrons. The SMILES string of the molecule is CCOc1ccc(/C(O)=C2\C(=O)C(=O)N(c3ccc(Cl)cc3)C2c2ccccc2F)cc1C. The second-order valence-corrected chi connectivity index (χ2v) is 8.02. The number of Topliss-reactive ketones (excluding diaryl/α,β-unsaturated/α-hetero) is 1. The van der Waals surface area contributed by atoms with Crippen molar-refractivity contribution in [2.45, 2.75) is 19.9 Å². The van der Waals surface area contributed by atoms with E-state index in [1.54, 1.807) is 48.5 Å². The van der Waals surface area contributed by atoms with Gasteiger partial charge in [0.1, 0.15) is 17.3 Å². The van der Waals surface area contributed by atoms with Gasteiger partial charge in [-0.2, -0.15) is 0 Å². The van der Waals surface area contributed by atoms with Gasteiger partial charge in [-0.15, -0.1) is 0 Å². The normalized spacial score (nSPS) is 17.5. The van der Waals surface area contributed by atoms with Crippen LogP contribution in [0.5, 0.6) is 5.75 Å². The molecule has 1 unspecified atom stereocenters. The van der Waals surface area contributed by atoms with Crippen molar-refractivity contribution in [2.75, 3.05) is 11.5 Å². The first-order valence-corrected chi connectivity index (χ1v) is 10.8. The maximum atomic E-state index is 14.9. The number of ether oxygens (including phenoxy) is 1. The van der Waals surface area contributed by atoms with Crippen LogP contribution in [0.25, 0.3) is 5.76 Å². The molecule has 0 spiro atoms. The Morgan fingerprint density at radius 3 is 2.42 bits per heavy atom. The molecule has 33 heavy (non-hydrogen) atoms. The molecule has 3 aromatic carbocycles. The predicted molar refractivity (Wildman–Crippen MR) is 125 cm³/mol. The van der Waals surface area contributed by atoms with E-state index in [9.17, 15) is 19.1 Å². The number of anilines is 1. The van der Waals surface area contributed by atoms with Gasteiger partial charge < -0.3 is 9.84 Å². The third-order valence-electron chi connectivity index (χ3n) is 5.50. The number of halogens is 2. The Hall–Kier alpha value is -3.64. The number of hydrogen-bond donors (Lipinski definition) is 1. The molecule has 3 aromatic rings. The third kappa shape index (κ3) is 4.10. The van der Waals surface area contributed by atoms with Gasteiger partial charge in [-0.05, 0) is 67.9 Å². The molecule has 1 aliphatic heterocycles. The number of carbonyl (C=O) groups excluding carboxylic acids is 2. The van der Waals surface area contributed by atoms with Crippen molar-refractivity contribution in [3.8, 4) is 5.75 Å². The molecule has 1 fully saturated rings.